The van der Waals surface area contributed by atoms with Crippen LogP contribution in [0.1, 0.15) is 31.7 Å². The van der Waals surface area contributed by atoms with Gasteiger partial charge < -0.3 is 9.84 Å². The van der Waals surface area contributed by atoms with Gasteiger partial charge in [0.05, 0.1) is 18.1 Å². The summed E-state index contributed by atoms with van der Waals surface area (Å²) >= 11 is 0. The second-order valence-corrected chi connectivity index (χ2v) is 7.07. The maximum Gasteiger partial charge on any atom is 0.324 e. The van der Waals surface area contributed by atoms with E-state index in [2.05, 4.69) is 0 Å². The standard InChI is InChI=1S/C15H21NO5S/c1-2-21-15(18)14-5-3-4-10-16(14)22(19,20)13-8-6-12(11-17)7-9-13/h6-9,14,17H,2-5,10-11H2,1H3. The van der Waals surface area contributed by atoms with Crippen molar-refractivity contribution in [3.05, 3.63) is 29.8 Å². The zero-order chi connectivity index (χ0) is 16.2. The van der Waals surface area contributed by atoms with Crippen LogP contribution in [-0.2, 0) is 26.2 Å². The number of carbonyl (C=O) groups is 1. The van der Waals surface area contributed by atoms with Crippen molar-refractivity contribution in [3.8, 4) is 0 Å². The summed E-state index contributed by atoms with van der Waals surface area (Å²) in [6.07, 6.45) is 2.01. The van der Waals surface area contributed by atoms with Gasteiger partial charge in [-0.05, 0) is 43.9 Å². The van der Waals surface area contributed by atoms with Crippen LogP contribution in [0.2, 0.25) is 0 Å². The molecule has 1 aliphatic rings. The van der Waals surface area contributed by atoms with Crippen LogP contribution >= 0.6 is 0 Å². The smallest absolute Gasteiger partial charge is 0.324 e. The number of sulfonamides is 1. The molecule has 0 spiro atoms. The number of piperidine rings is 1. The van der Waals surface area contributed by atoms with Crippen LogP contribution in [0.4, 0.5) is 0 Å². The van der Waals surface area contributed by atoms with Crippen molar-refractivity contribution in [1.29, 1.82) is 0 Å². The molecule has 1 unspecified atom stereocenters. The lowest BCUT2D eigenvalue weighted by Gasteiger charge is -2.32. The van der Waals surface area contributed by atoms with E-state index in [-0.39, 0.29) is 18.1 Å². The highest BCUT2D eigenvalue weighted by molar-refractivity contribution is 7.89. The van der Waals surface area contributed by atoms with Gasteiger partial charge in [0.2, 0.25) is 10.0 Å². The van der Waals surface area contributed by atoms with E-state index in [1.165, 1.54) is 16.4 Å². The maximum atomic E-state index is 12.8. The molecule has 0 saturated carbocycles. The van der Waals surface area contributed by atoms with Gasteiger partial charge in [-0.2, -0.15) is 4.31 Å². The van der Waals surface area contributed by atoms with Gasteiger partial charge in [0.15, 0.2) is 0 Å². The predicted octanol–water partition coefficient (Wildman–Crippen LogP) is 1.29. The molecule has 1 fully saturated rings. The zero-order valence-corrected chi connectivity index (χ0v) is 13.4. The Bertz CT molecular complexity index is 611. The van der Waals surface area contributed by atoms with Crippen molar-refractivity contribution in [1.82, 2.24) is 4.31 Å². The molecule has 1 aliphatic heterocycles. The molecule has 22 heavy (non-hydrogen) atoms. The number of hydrogen-bond acceptors (Lipinski definition) is 5. The molecule has 1 saturated heterocycles. The largest absolute Gasteiger partial charge is 0.465 e. The zero-order valence-electron chi connectivity index (χ0n) is 12.6. The molecule has 1 aromatic rings. The van der Waals surface area contributed by atoms with Crippen LogP contribution in [0, 0.1) is 0 Å². The molecule has 7 heteroatoms. The van der Waals surface area contributed by atoms with Crippen molar-refractivity contribution < 1.29 is 23.1 Å². The predicted molar refractivity (Wildman–Crippen MR) is 80.5 cm³/mol. The first-order chi connectivity index (χ1) is 10.5. The van der Waals surface area contributed by atoms with E-state index in [0.717, 1.165) is 12.8 Å². The second kappa shape index (κ2) is 7.21. The number of rotatable bonds is 5. The first-order valence-electron chi connectivity index (χ1n) is 7.39. The number of ether oxygens (including phenoxy) is 1. The van der Waals surface area contributed by atoms with E-state index in [1.54, 1.807) is 19.1 Å². The van der Waals surface area contributed by atoms with Gasteiger partial charge in [0, 0.05) is 6.54 Å². The van der Waals surface area contributed by atoms with Gasteiger partial charge >= 0.3 is 5.97 Å². The lowest BCUT2D eigenvalue weighted by molar-refractivity contribution is -0.148. The van der Waals surface area contributed by atoms with E-state index < -0.39 is 22.0 Å². The molecule has 1 atom stereocenters. The second-order valence-electron chi connectivity index (χ2n) is 5.18. The van der Waals surface area contributed by atoms with Gasteiger partial charge in [-0.25, -0.2) is 8.42 Å². The summed E-state index contributed by atoms with van der Waals surface area (Å²) in [5.41, 5.74) is 0.638. The molecule has 1 aromatic carbocycles. The fourth-order valence-electron chi connectivity index (χ4n) is 2.57. The van der Waals surface area contributed by atoms with Crippen molar-refractivity contribution in [2.45, 2.75) is 43.7 Å². The van der Waals surface area contributed by atoms with Gasteiger partial charge in [-0.15, -0.1) is 0 Å². The van der Waals surface area contributed by atoms with E-state index in [4.69, 9.17) is 9.84 Å². The van der Waals surface area contributed by atoms with Crippen LogP contribution in [0.25, 0.3) is 0 Å². The summed E-state index contributed by atoms with van der Waals surface area (Å²) in [6, 6.07) is 5.29. The summed E-state index contributed by atoms with van der Waals surface area (Å²) in [5, 5.41) is 9.03. The molecule has 0 bridgehead atoms. The average molecular weight is 327 g/mol. The molecule has 0 radical (unpaired) electrons. The van der Waals surface area contributed by atoms with E-state index in [0.29, 0.717) is 18.5 Å². The maximum absolute atomic E-state index is 12.8. The minimum atomic E-state index is -3.75. The average Bonchev–Trinajstić information content (AvgIpc) is 2.55. The molecule has 0 aromatic heterocycles. The third-order valence-corrected chi connectivity index (χ3v) is 5.65. The lowest BCUT2D eigenvalue weighted by atomic mass is 10.1. The van der Waals surface area contributed by atoms with Crippen molar-refractivity contribution in [3.63, 3.8) is 0 Å². The van der Waals surface area contributed by atoms with Crippen LogP contribution < -0.4 is 0 Å². The third kappa shape index (κ3) is 3.48. The highest BCUT2D eigenvalue weighted by Gasteiger charge is 2.38. The third-order valence-electron chi connectivity index (χ3n) is 3.72. The number of nitrogens with zero attached hydrogens (tertiary/aromatic N) is 1. The number of carbonyl (C=O) groups excluding carboxylic acids is 1. The normalized spacial score (nSPS) is 19.8. The summed E-state index contributed by atoms with van der Waals surface area (Å²) in [4.78, 5) is 12.2. The highest BCUT2D eigenvalue weighted by Crippen LogP contribution is 2.26. The van der Waals surface area contributed by atoms with Gasteiger partial charge in [0.1, 0.15) is 6.04 Å². The minimum absolute atomic E-state index is 0.126. The Balaban J connectivity index is 2.29. The van der Waals surface area contributed by atoms with Crippen LogP contribution in [0.5, 0.6) is 0 Å². The fourth-order valence-corrected chi connectivity index (χ4v) is 4.22. The van der Waals surface area contributed by atoms with Crippen molar-refractivity contribution >= 4 is 16.0 Å². The fraction of sp³-hybridized carbons (Fsp3) is 0.533. The van der Waals surface area contributed by atoms with E-state index in [9.17, 15) is 13.2 Å². The van der Waals surface area contributed by atoms with Crippen LogP contribution in [-0.4, -0.2) is 43.0 Å². The minimum Gasteiger partial charge on any atom is -0.465 e. The number of benzene rings is 1. The Morgan fingerprint density at radius 3 is 2.59 bits per heavy atom. The number of hydrogen-bond donors (Lipinski definition) is 1. The first-order valence-corrected chi connectivity index (χ1v) is 8.83. The van der Waals surface area contributed by atoms with Gasteiger partial charge in [-0.3, -0.25) is 4.79 Å². The van der Waals surface area contributed by atoms with Crippen molar-refractivity contribution in [2.75, 3.05) is 13.2 Å². The SMILES string of the molecule is CCOC(=O)C1CCCCN1S(=O)(=O)c1ccc(CO)cc1. The molecule has 6 nitrogen and oxygen atoms in total. The molecule has 0 aliphatic carbocycles. The molecular formula is C15H21NO5S. The molecule has 2 rings (SSSR count). The summed E-state index contributed by atoms with van der Waals surface area (Å²) in [6.45, 7) is 2.10. The van der Waals surface area contributed by atoms with Crippen molar-refractivity contribution in [2.24, 2.45) is 0 Å². The van der Waals surface area contributed by atoms with Crippen LogP contribution in [0.3, 0.4) is 0 Å². The van der Waals surface area contributed by atoms with Crippen LogP contribution in [0.15, 0.2) is 29.2 Å². The Morgan fingerprint density at radius 2 is 2.00 bits per heavy atom. The Labute approximate surface area is 130 Å². The first kappa shape index (κ1) is 16.9. The summed E-state index contributed by atoms with van der Waals surface area (Å²) < 4.78 is 31.8. The lowest BCUT2D eigenvalue weighted by Crippen LogP contribution is -2.48. The monoisotopic (exact) mass is 327 g/mol. The number of aliphatic hydroxyl groups excluding tert-OH is 1. The highest BCUT2D eigenvalue weighted by atomic mass is 32.2. The van der Waals surface area contributed by atoms with Gasteiger partial charge in [0.25, 0.3) is 0 Å². The summed E-state index contributed by atoms with van der Waals surface area (Å²) in [5.74, 6) is -0.488. The Kier molecular flexibility index (Phi) is 5.55. The number of aliphatic hydroxyl groups is 1. The molecule has 1 N–H and O–H groups in total. The quantitative estimate of drug-likeness (QED) is 0.824. The molecule has 1 heterocycles. The topological polar surface area (TPSA) is 83.9 Å². The molecule has 122 valence electrons. The molecule has 0 amide bonds. The van der Waals surface area contributed by atoms with Gasteiger partial charge in [-0.1, -0.05) is 12.1 Å². The Morgan fingerprint density at radius 1 is 1.32 bits per heavy atom. The Hall–Kier alpha value is -1.44. The molecular weight excluding hydrogens is 306 g/mol. The summed E-state index contributed by atoms with van der Waals surface area (Å²) in [7, 11) is -3.75. The van der Waals surface area contributed by atoms with E-state index >= 15 is 0 Å². The van der Waals surface area contributed by atoms with E-state index in [1.807, 2.05) is 0 Å². The number of esters is 1.